The number of hydrogen-bond acceptors (Lipinski definition) is 6. The SMILES string of the molecule is CN(c1ccc(-c2ccc(-n3ccnc3)cc2O)nn1)[C@H]1C[C@@H]2CC(F)(F)[C@H](C1)N2C. The second-order valence-electron chi connectivity index (χ2n) is 8.48. The number of aromatic hydroxyl groups is 1. The van der Waals surface area contributed by atoms with Gasteiger partial charge in [0.05, 0.1) is 23.8 Å². The van der Waals surface area contributed by atoms with Gasteiger partial charge in [-0.05, 0) is 44.2 Å². The zero-order valence-electron chi connectivity index (χ0n) is 17.4. The zero-order chi connectivity index (χ0) is 21.8. The fourth-order valence-electron chi connectivity index (χ4n) is 4.87. The fraction of sp³-hybridized carbons (Fsp3) is 0.409. The van der Waals surface area contributed by atoms with E-state index in [2.05, 4.69) is 15.2 Å². The number of rotatable bonds is 4. The third-order valence-corrected chi connectivity index (χ3v) is 6.72. The van der Waals surface area contributed by atoms with Crippen LogP contribution in [0.15, 0.2) is 49.1 Å². The molecule has 0 amide bonds. The third-order valence-electron chi connectivity index (χ3n) is 6.72. The van der Waals surface area contributed by atoms with Crippen molar-refractivity contribution in [1.29, 1.82) is 0 Å². The molecule has 9 heteroatoms. The predicted octanol–water partition coefficient (Wildman–Crippen LogP) is 3.34. The maximum absolute atomic E-state index is 14.3. The number of anilines is 1. The normalized spacial score (nSPS) is 25.0. The number of alkyl halides is 2. The Morgan fingerprint density at radius 2 is 2.00 bits per heavy atom. The summed E-state index contributed by atoms with van der Waals surface area (Å²) in [7, 11) is 3.68. The van der Waals surface area contributed by atoms with Crippen molar-refractivity contribution in [3.8, 4) is 22.7 Å². The molecule has 2 fully saturated rings. The van der Waals surface area contributed by atoms with Gasteiger partial charge in [-0.3, -0.25) is 4.90 Å². The number of halogens is 2. The number of fused-ring (bicyclic) bond motifs is 2. The van der Waals surface area contributed by atoms with Crippen molar-refractivity contribution < 1.29 is 13.9 Å². The molecule has 3 aromatic rings. The number of imidazole rings is 1. The van der Waals surface area contributed by atoms with Crippen LogP contribution >= 0.6 is 0 Å². The van der Waals surface area contributed by atoms with E-state index in [1.165, 1.54) is 0 Å². The first-order chi connectivity index (χ1) is 14.8. The summed E-state index contributed by atoms with van der Waals surface area (Å²) in [5.41, 5.74) is 1.90. The molecule has 2 saturated heterocycles. The Kier molecular flexibility index (Phi) is 4.65. The molecule has 5 rings (SSSR count). The van der Waals surface area contributed by atoms with Crippen LogP contribution in [0.2, 0.25) is 0 Å². The Morgan fingerprint density at radius 1 is 1.16 bits per heavy atom. The molecule has 0 unspecified atom stereocenters. The number of benzene rings is 1. The topological polar surface area (TPSA) is 70.3 Å². The molecular formula is C22H24F2N6O. The van der Waals surface area contributed by atoms with Gasteiger partial charge in [0, 0.05) is 49.6 Å². The number of piperidine rings is 1. The van der Waals surface area contributed by atoms with Gasteiger partial charge in [-0.2, -0.15) is 0 Å². The van der Waals surface area contributed by atoms with Crippen molar-refractivity contribution in [2.75, 3.05) is 19.0 Å². The summed E-state index contributed by atoms with van der Waals surface area (Å²) in [6.07, 6.45) is 6.13. The number of phenolic OH excluding ortho intramolecular Hbond substituents is 1. The van der Waals surface area contributed by atoms with Crippen molar-refractivity contribution in [2.24, 2.45) is 0 Å². The van der Waals surface area contributed by atoms with Gasteiger partial charge in [0.1, 0.15) is 5.75 Å². The minimum atomic E-state index is -2.63. The summed E-state index contributed by atoms with van der Waals surface area (Å²) < 4.78 is 30.3. The van der Waals surface area contributed by atoms with Crippen LogP contribution < -0.4 is 4.90 Å². The molecule has 1 aromatic carbocycles. The molecule has 2 aromatic heterocycles. The van der Waals surface area contributed by atoms with Gasteiger partial charge < -0.3 is 14.6 Å². The predicted molar refractivity (Wildman–Crippen MR) is 113 cm³/mol. The summed E-state index contributed by atoms with van der Waals surface area (Å²) in [5, 5.41) is 19.1. The molecule has 1 N–H and O–H groups in total. The van der Waals surface area contributed by atoms with Crippen LogP contribution in [0, 0.1) is 0 Å². The van der Waals surface area contributed by atoms with Crippen molar-refractivity contribution in [3.05, 3.63) is 49.1 Å². The molecule has 2 aliphatic rings. The lowest BCUT2D eigenvalue weighted by atomic mass is 9.96. The van der Waals surface area contributed by atoms with Gasteiger partial charge in [-0.1, -0.05) is 0 Å². The van der Waals surface area contributed by atoms with E-state index in [9.17, 15) is 13.9 Å². The van der Waals surface area contributed by atoms with Crippen LogP contribution in [-0.2, 0) is 0 Å². The van der Waals surface area contributed by atoms with Crippen LogP contribution in [0.25, 0.3) is 16.9 Å². The lowest BCUT2D eigenvalue weighted by Gasteiger charge is -2.40. The van der Waals surface area contributed by atoms with E-state index in [1.54, 1.807) is 48.5 Å². The minimum absolute atomic E-state index is 0.0115. The van der Waals surface area contributed by atoms with Crippen LogP contribution in [-0.4, -0.2) is 67.9 Å². The Hall–Kier alpha value is -3.07. The van der Waals surface area contributed by atoms with E-state index in [4.69, 9.17) is 0 Å². The maximum Gasteiger partial charge on any atom is 0.264 e. The highest BCUT2D eigenvalue weighted by molar-refractivity contribution is 5.69. The van der Waals surface area contributed by atoms with Crippen LogP contribution in [0.4, 0.5) is 14.6 Å². The van der Waals surface area contributed by atoms with Crippen molar-refractivity contribution in [2.45, 2.75) is 43.3 Å². The van der Waals surface area contributed by atoms with E-state index in [0.717, 1.165) is 5.69 Å². The summed E-state index contributed by atoms with van der Waals surface area (Å²) in [4.78, 5) is 7.79. The van der Waals surface area contributed by atoms with Gasteiger partial charge >= 0.3 is 0 Å². The second kappa shape index (κ2) is 7.26. The lowest BCUT2D eigenvalue weighted by molar-refractivity contribution is -0.0353. The molecule has 2 bridgehead atoms. The Balaban J connectivity index is 1.34. The average molecular weight is 426 g/mol. The Labute approximate surface area is 179 Å². The maximum atomic E-state index is 14.3. The van der Waals surface area contributed by atoms with Crippen molar-refractivity contribution in [3.63, 3.8) is 0 Å². The smallest absolute Gasteiger partial charge is 0.264 e. The first-order valence-corrected chi connectivity index (χ1v) is 10.3. The van der Waals surface area contributed by atoms with Crippen LogP contribution in [0.3, 0.4) is 0 Å². The highest BCUT2D eigenvalue weighted by Gasteiger charge is 2.56. The molecule has 0 saturated carbocycles. The Morgan fingerprint density at radius 3 is 2.65 bits per heavy atom. The standard InChI is InChI=1S/C22H24F2N6O/c1-28-16-9-15(11-20(28)22(23,24)12-16)29(2)21-6-5-18(26-27-21)17-4-3-14(10-19(17)31)30-8-7-25-13-30/h3-8,10,13,15-16,20,31H,9,11-12H2,1-2H3/t15-,16+,20-/m0/s1. The van der Waals surface area contributed by atoms with Crippen LogP contribution in [0.5, 0.6) is 5.75 Å². The molecule has 0 aliphatic carbocycles. The summed E-state index contributed by atoms with van der Waals surface area (Å²) in [6, 6.07) is 8.07. The number of phenols is 1. The average Bonchev–Trinajstić information content (AvgIpc) is 3.32. The van der Waals surface area contributed by atoms with Gasteiger partial charge in [-0.15, -0.1) is 10.2 Å². The van der Waals surface area contributed by atoms with Crippen molar-refractivity contribution >= 4 is 5.82 Å². The highest BCUT2D eigenvalue weighted by atomic mass is 19.3. The monoisotopic (exact) mass is 426 g/mol. The molecular weight excluding hydrogens is 402 g/mol. The number of hydrogen-bond donors (Lipinski definition) is 1. The number of aromatic nitrogens is 4. The van der Waals surface area contributed by atoms with Crippen LogP contribution in [0.1, 0.15) is 19.3 Å². The van der Waals surface area contributed by atoms with E-state index in [1.807, 2.05) is 29.0 Å². The Bertz CT molecular complexity index is 1070. The molecule has 31 heavy (non-hydrogen) atoms. The van der Waals surface area contributed by atoms with Gasteiger partial charge in [0.2, 0.25) is 0 Å². The van der Waals surface area contributed by atoms with E-state index in [0.29, 0.717) is 29.9 Å². The lowest BCUT2D eigenvalue weighted by Crippen LogP contribution is -2.50. The molecule has 162 valence electrons. The van der Waals surface area contributed by atoms with E-state index < -0.39 is 12.0 Å². The summed E-state index contributed by atoms with van der Waals surface area (Å²) in [5.74, 6) is -1.91. The molecule has 2 aliphatic heterocycles. The second-order valence-corrected chi connectivity index (χ2v) is 8.48. The molecule has 4 heterocycles. The van der Waals surface area contributed by atoms with Gasteiger partial charge in [0.15, 0.2) is 5.82 Å². The summed E-state index contributed by atoms with van der Waals surface area (Å²) >= 11 is 0. The van der Waals surface area contributed by atoms with Gasteiger partial charge in [0.25, 0.3) is 5.92 Å². The molecule has 7 nitrogen and oxygen atoms in total. The van der Waals surface area contributed by atoms with Gasteiger partial charge in [-0.25, -0.2) is 13.8 Å². The minimum Gasteiger partial charge on any atom is -0.507 e. The number of nitrogens with zero attached hydrogens (tertiary/aromatic N) is 6. The fourth-order valence-corrected chi connectivity index (χ4v) is 4.87. The largest absolute Gasteiger partial charge is 0.507 e. The first kappa shape index (κ1) is 19.9. The molecule has 3 atom stereocenters. The zero-order valence-corrected chi connectivity index (χ0v) is 17.4. The summed E-state index contributed by atoms with van der Waals surface area (Å²) in [6.45, 7) is 0. The quantitative estimate of drug-likeness (QED) is 0.690. The molecule has 0 spiro atoms. The third kappa shape index (κ3) is 3.42. The van der Waals surface area contributed by atoms with E-state index >= 15 is 0 Å². The van der Waals surface area contributed by atoms with Crippen molar-refractivity contribution in [1.82, 2.24) is 24.6 Å². The van der Waals surface area contributed by atoms with E-state index in [-0.39, 0.29) is 24.3 Å². The highest BCUT2D eigenvalue weighted by Crippen LogP contribution is 2.46. The molecule has 0 radical (unpaired) electrons. The first-order valence-electron chi connectivity index (χ1n) is 10.3.